The van der Waals surface area contributed by atoms with Gasteiger partial charge in [0.05, 0.1) is 0 Å². The second-order valence-corrected chi connectivity index (χ2v) is 11.7. The molecule has 0 bridgehead atoms. The van der Waals surface area contributed by atoms with Crippen LogP contribution in [0.3, 0.4) is 0 Å². The standard InChI is InChI=1S/C34H48F2/c1-20-21(2)25(6)33(26(7)22(20)3)34-27(8)23(4)31(24(5)28(34)9)13-11-10-12-29-14-16-30(17-15-29)18-19-32(35)36/h19,29-30H,10-18H2,1-9H3. The van der Waals surface area contributed by atoms with Gasteiger partial charge in [0.2, 0.25) is 0 Å². The number of hydrogen-bond acceptors (Lipinski definition) is 0. The van der Waals surface area contributed by atoms with Crippen molar-refractivity contribution < 1.29 is 8.78 Å². The van der Waals surface area contributed by atoms with Crippen LogP contribution in [0.15, 0.2) is 12.2 Å². The maximum atomic E-state index is 12.4. The Balaban J connectivity index is 1.70. The second-order valence-electron chi connectivity index (χ2n) is 11.7. The third-order valence-corrected chi connectivity index (χ3v) is 9.89. The Labute approximate surface area is 219 Å². The minimum atomic E-state index is -1.52. The predicted molar refractivity (Wildman–Crippen MR) is 152 cm³/mol. The highest BCUT2D eigenvalue weighted by molar-refractivity contribution is 5.81. The Hall–Kier alpha value is -1.96. The summed E-state index contributed by atoms with van der Waals surface area (Å²) in [7, 11) is 0. The van der Waals surface area contributed by atoms with E-state index in [1.54, 1.807) is 5.56 Å². The van der Waals surface area contributed by atoms with Crippen molar-refractivity contribution in [3.05, 3.63) is 67.8 Å². The van der Waals surface area contributed by atoms with Crippen molar-refractivity contribution in [1.29, 1.82) is 0 Å². The van der Waals surface area contributed by atoms with Gasteiger partial charge in [0.15, 0.2) is 0 Å². The average molecular weight is 495 g/mol. The van der Waals surface area contributed by atoms with Gasteiger partial charge < -0.3 is 0 Å². The molecule has 0 unspecified atom stereocenters. The van der Waals surface area contributed by atoms with E-state index in [9.17, 15) is 8.78 Å². The van der Waals surface area contributed by atoms with E-state index in [1.807, 2.05) is 0 Å². The Morgan fingerprint density at radius 3 is 1.47 bits per heavy atom. The summed E-state index contributed by atoms with van der Waals surface area (Å²) in [6, 6.07) is 0. The smallest absolute Gasteiger partial charge is 0.174 e. The second kappa shape index (κ2) is 12.1. The topological polar surface area (TPSA) is 0 Å². The average Bonchev–Trinajstić information content (AvgIpc) is 2.86. The maximum Gasteiger partial charge on any atom is 0.266 e. The quantitative estimate of drug-likeness (QED) is 0.320. The number of benzene rings is 2. The molecule has 0 atom stereocenters. The van der Waals surface area contributed by atoms with Crippen molar-refractivity contribution in [3.8, 4) is 11.1 Å². The fourth-order valence-corrected chi connectivity index (χ4v) is 6.76. The minimum absolute atomic E-state index is 0.464. The van der Waals surface area contributed by atoms with E-state index in [0.717, 1.165) is 31.3 Å². The monoisotopic (exact) mass is 494 g/mol. The highest BCUT2D eigenvalue weighted by Gasteiger charge is 2.22. The Morgan fingerprint density at radius 2 is 1.00 bits per heavy atom. The number of halogens is 2. The van der Waals surface area contributed by atoms with Crippen molar-refractivity contribution in [2.45, 2.75) is 120 Å². The molecule has 1 saturated carbocycles. The molecule has 2 aromatic carbocycles. The number of unbranched alkanes of at least 4 members (excludes halogenated alkanes) is 1. The largest absolute Gasteiger partial charge is 0.266 e. The van der Waals surface area contributed by atoms with Gasteiger partial charge in [-0.2, -0.15) is 8.78 Å². The van der Waals surface area contributed by atoms with Crippen molar-refractivity contribution in [2.75, 3.05) is 0 Å². The lowest BCUT2D eigenvalue weighted by Crippen LogP contribution is -2.14. The normalized spacial score (nSPS) is 18.0. The predicted octanol–water partition coefficient (Wildman–Crippen LogP) is 10.8. The molecule has 0 nitrogen and oxygen atoms in total. The number of allylic oxidation sites excluding steroid dienone is 1. The van der Waals surface area contributed by atoms with Crippen LogP contribution in [0.2, 0.25) is 0 Å². The summed E-state index contributed by atoms with van der Waals surface area (Å²) in [6.45, 7) is 20.7. The molecule has 0 heterocycles. The third-order valence-electron chi connectivity index (χ3n) is 9.89. The summed E-state index contributed by atoms with van der Waals surface area (Å²) in [5, 5.41) is 0. The van der Waals surface area contributed by atoms with E-state index in [0.29, 0.717) is 12.3 Å². The van der Waals surface area contributed by atoms with Gasteiger partial charge in [-0.05, 0) is 179 Å². The molecule has 198 valence electrons. The molecule has 0 spiro atoms. The van der Waals surface area contributed by atoms with Crippen LogP contribution in [0.1, 0.15) is 107 Å². The van der Waals surface area contributed by atoms with E-state index < -0.39 is 6.08 Å². The summed E-state index contributed by atoms with van der Waals surface area (Å²) in [5.41, 5.74) is 17.4. The lowest BCUT2D eigenvalue weighted by atomic mass is 9.78. The van der Waals surface area contributed by atoms with E-state index in [2.05, 4.69) is 62.3 Å². The molecule has 0 saturated heterocycles. The summed E-state index contributed by atoms with van der Waals surface area (Å²) < 4.78 is 24.7. The zero-order valence-electron chi connectivity index (χ0n) is 24.4. The van der Waals surface area contributed by atoms with Crippen LogP contribution in [-0.4, -0.2) is 0 Å². The van der Waals surface area contributed by atoms with Crippen LogP contribution in [0, 0.1) is 74.1 Å². The van der Waals surface area contributed by atoms with Crippen molar-refractivity contribution in [1.82, 2.24) is 0 Å². The lowest BCUT2D eigenvalue weighted by Gasteiger charge is -2.28. The van der Waals surface area contributed by atoms with Gasteiger partial charge >= 0.3 is 0 Å². The highest BCUT2D eigenvalue weighted by Crippen LogP contribution is 2.41. The van der Waals surface area contributed by atoms with Gasteiger partial charge in [-0.15, -0.1) is 0 Å². The molecule has 2 aromatic rings. The molecule has 36 heavy (non-hydrogen) atoms. The summed E-state index contributed by atoms with van der Waals surface area (Å²) >= 11 is 0. The van der Waals surface area contributed by atoms with Crippen LogP contribution in [-0.2, 0) is 6.42 Å². The van der Waals surface area contributed by atoms with E-state index in [-0.39, 0.29) is 0 Å². The summed E-state index contributed by atoms with van der Waals surface area (Å²) in [4.78, 5) is 0. The van der Waals surface area contributed by atoms with Crippen LogP contribution in [0.4, 0.5) is 8.78 Å². The molecular weight excluding hydrogens is 446 g/mol. The molecule has 2 heteroatoms. The molecule has 1 aliphatic carbocycles. The molecule has 1 fully saturated rings. The van der Waals surface area contributed by atoms with Gasteiger partial charge in [-0.3, -0.25) is 0 Å². The Kier molecular flexibility index (Phi) is 9.58. The molecule has 0 aromatic heterocycles. The molecule has 0 aliphatic heterocycles. The van der Waals surface area contributed by atoms with Gasteiger partial charge in [0.1, 0.15) is 0 Å². The van der Waals surface area contributed by atoms with Crippen LogP contribution >= 0.6 is 0 Å². The van der Waals surface area contributed by atoms with Crippen molar-refractivity contribution >= 4 is 0 Å². The van der Waals surface area contributed by atoms with E-state index in [4.69, 9.17) is 0 Å². The molecule has 1 aliphatic rings. The van der Waals surface area contributed by atoms with Crippen molar-refractivity contribution in [3.63, 3.8) is 0 Å². The zero-order valence-corrected chi connectivity index (χ0v) is 24.4. The first-order valence-corrected chi connectivity index (χ1v) is 14.1. The first-order valence-electron chi connectivity index (χ1n) is 14.1. The molecule has 0 radical (unpaired) electrons. The first kappa shape index (κ1) is 28.6. The minimum Gasteiger partial charge on any atom is -0.174 e. The van der Waals surface area contributed by atoms with Gasteiger partial charge in [-0.25, -0.2) is 0 Å². The zero-order chi connectivity index (χ0) is 26.7. The number of rotatable bonds is 8. The van der Waals surface area contributed by atoms with Crippen LogP contribution < -0.4 is 0 Å². The molecule has 0 N–H and O–H groups in total. The van der Waals surface area contributed by atoms with Gasteiger partial charge in [0, 0.05) is 0 Å². The van der Waals surface area contributed by atoms with E-state index >= 15 is 0 Å². The Bertz CT molecular complexity index is 1060. The summed E-state index contributed by atoms with van der Waals surface area (Å²) in [6.07, 6.45) is 9.75. The SMILES string of the molecule is Cc1c(C)c(C)c(-c2c(C)c(C)c(CCCCC3CCC(CC=C(F)F)CC3)c(C)c2C)c(C)c1C. The number of hydrogen-bond donors (Lipinski definition) is 0. The van der Waals surface area contributed by atoms with Crippen molar-refractivity contribution in [2.24, 2.45) is 11.8 Å². The molecular formula is C34H48F2. The van der Waals surface area contributed by atoms with Gasteiger partial charge in [0.25, 0.3) is 6.08 Å². The maximum absolute atomic E-state index is 12.4. The fraction of sp³-hybridized carbons (Fsp3) is 0.588. The highest BCUT2D eigenvalue weighted by atomic mass is 19.3. The van der Waals surface area contributed by atoms with Crippen LogP contribution in [0.25, 0.3) is 11.1 Å². The first-order chi connectivity index (χ1) is 17.0. The fourth-order valence-electron chi connectivity index (χ4n) is 6.76. The molecule has 0 amide bonds. The third kappa shape index (κ3) is 5.95. The van der Waals surface area contributed by atoms with Gasteiger partial charge in [-0.1, -0.05) is 25.7 Å². The lowest BCUT2D eigenvalue weighted by molar-refractivity contribution is 0.258. The summed E-state index contributed by atoms with van der Waals surface area (Å²) in [5.74, 6) is 1.25. The van der Waals surface area contributed by atoms with Crippen LogP contribution in [0.5, 0.6) is 0 Å². The Morgan fingerprint density at radius 1 is 0.583 bits per heavy atom. The molecule has 3 rings (SSSR count). The van der Waals surface area contributed by atoms with E-state index in [1.165, 1.54) is 93.3 Å².